The molecule has 0 saturated heterocycles. The first-order valence-corrected chi connectivity index (χ1v) is 7.35. The fourth-order valence-electron chi connectivity index (χ4n) is 2.81. The molecule has 0 spiro atoms. The second kappa shape index (κ2) is 7.20. The van der Waals surface area contributed by atoms with E-state index in [4.69, 9.17) is 0 Å². The molecule has 1 saturated carbocycles. The van der Waals surface area contributed by atoms with E-state index in [2.05, 4.69) is 10.6 Å². The zero-order chi connectivity index (χ0) is 15.2. The van der Waals surface area contributed by atoms with Crippen molar-refractivity contribution in [2.45, 2.75) is 45.2 Å². The molecule has 1 aliphatic rings. The molecule has 0 radical (unpaired) electrons. The first-order valence-electron chi connectivity index (χ1n) is 7.35. The summed E-state index contributed by atoms with van der Waals surface area (Å²) in [6.45, 7) is 1.76. The van der Waals surface area contributed by atoms with Crippen LogP contribution in [-0.4, -0.2) is 17.9 Å². The summed E-state index contributed by atoms with van der Waals surface area (Å²) in [5.41, 5.74) is 0.831. The smallest absolute Gasteiger partial charge is 0.243 e. The van der Waals surface area contributed by atoms with Crippen LogP contribution >= 0.6 is 0 Å². The average molecular weight is 292 g/mol. The van der Waals surface area contributed by atoms with Gasteiger partial charge < -0.3 is 10.6 Å². The largest absolute Gasteiger partial charge is 0.350 e. The van der Waals surface area contributed by atoms with Crippen molar-refractivity contribution >= 4 is 11.8 Å². The van der Waals surface area contributed by atoms with Gasteiger partial charge in [0.05, 0.1) is 0 Å². The van der Waals surface area contributed by atoms with Crippen LogP contribution in [0.1, 0.15) is 38.2 Å². The lowest BCUT2D eigenvalue weighted by atomic mass is 9.97. The van der Waals surface area contributed by atoms with Crippen molar-refractivity contribution in [3.63, 3.8) is 0 Å². The number of halogens is 1. The number of carbonyl (C=O) groups excluding carboxylic acids is 2. The van der Waals surface area contributed by atoms with Gasteiger partial charge in [0.15, 0.2) is 0 Å². The Morgan fingerprint density at radius 3 is 2.43 bits per heavy atom. The van der Waals surface area contributed by atoms with Crippen LogP contribution in [0.2, 0.25) is 0 Å². The molecule has 5 heteroatoms. The molecule has 2 amide bonds. The van der Waals surface area contributed by atoms with Crippen molar-refractivity contribution in [2.75, 3.05) is 0 Å². The number of hydrogen-bond acceptors (Lipinski definition) is 2. The molecule has 0 aromatic heterocycles. The van der Waals surface area contributed by atoms with Crippen LogP contribution in [-0.2, 0) is 16.1 Å². The van der Waals surface area contributed by atoms with Gasteiger partial charge in [-0.05, 0) is 36.5 Å². The molecule has 4 nitrogen and oxygen atoms in total. The zero-order valence-electron chi connectivity index (χ0n) is 12.2. The van der Waals surface area contributed by atoms with E-state index in [1.54, 1.807) is 12.1 Å². The van der Waals surface area contributed by atoms with Gasteiger partial charge >= 0.3 is 0 Å². The van der Waals surface area contributed by atoms with Crippen LogP contribution in [0.3, 0.4) is 0 Å². The van der Waals surface area contributed by atoms with Gasteiger partial charge in [-0.3, -0.25) is 9.59 Å². The van der Waals surface area contributed by atoms with Gasteiger partial charge in [-0.25, -0.2) is 4.39 Å². The predicted molar refractivity (Wildman–Crippen MR) is 77.8 cm³/mol. The second-order valence-corrected chi connectivity index (χ2v) is 5.57. The Morgan fingerprint density at radius 2 is 1.86 bits per heavy atom. The van der Waals surface area contributed by atoms with Gasteiger partial charge in [-0.15, -0.1) is 0 Å². The van der Waals surface area contributed by atoms with Crippen molar-refractivity contribution in [1.29, 1.82) is 0 Å². The summed E-state index contributed by atoms with van der Waals surface area (Å²) in [5, 5.41) is 5.58. The highest BCUT2D eigenvalue weighted by Crippen LogP contribution is 2.27. The van der Waals surface area contributed by atoms with Gasteiger partial charge in [0.25, 0.3) is 0 Å². The number of rotatable bonds is 5. The van der Waals surface area contributed by atoms with E-state index >= 15 is 0 Å². The van der Waals surface area contributed by atoms with Crippen LogP contribution in [0.5, 0.6) is 0 Å². The van der Waals surface area contributed by atoms with Crippen molar-refractivity contribution in [2.24, 2.45) is 5.92 Å². The maximum Gasteiger partial charge on any atom is 0.243 e. The quantitative estimate of drug-likeness (QED) is 0.873. The number of hydrogen-bond donors (Lipinski definition) is 2. The monoisotopic (exact) mass is 292 g/mol. The van der Waals surface area contributed by atoms with Crippen LogP contribution in [0.25, 0.3) is 0 Å². The Labute approximate surface area is 124 Å². The minimum absolute atomic E-state index is 0.165. The number of carbonyl (C=O) groups is 2. The molecular weight excluding hydrogens is 271 g/mol. The van der Waals surface area contributed by atoms with Gasteiger partial charge in [0, 0.05) is 13.5 Å². The Kier molecular flexibility index (Phi) is 5.31. The van der Waals surface area contributed by atoms with Crippen LogP contribution in [0.15, 0.2) is 24.3 Å². The Balaban J connectivity index is 1.94. The third-order valence-electron chi connectivity index (χ3n) is 3.89. The molecule has 2 N–H and O–H groups in total. The molecule has 0 aliphatic heterocycles. The Bertz CT molecular complexity index is 496. The van der Waals surface area contributed by atoms with Crippen LogP contribution < -0.4 is 10.6 Å². The minimum Gasteiger partial charge on any atom is -0.350 e. The van der Waals surface area contributed by atoms with E-state index < -0.39 is 6.04 Å². The molecule has 1 aliphatic carbocycles. The minimum atomic E-state index is -0.467. The summed E-state index contributed by atoms with van der Waals surface area (Å²) >= 11 is 0. The number of nitrogens with one attached hydrogen (secondary N) is 2. The second-order valence-electron chi connectivity index (χ2n) is 5.57. The van der Waals surface area contributed by atoms with E-state index in [0.29, 0.717) is 6.54 Å². The molecule has 1 aromatic rings. The molecule has 0 heterocycles. The van der Waals surface area contributed by atoms with E-state index in [1.165, 1.54) is 19.1 Å². The molecular formula is C16H21FN2O2. The molecule has 1 aromatic carbocycles. The topological polar surface area (TPSA) is 58.2 Å². The first kappa shape index (κ1) is 15.5. The summed E-state index contributed by atoms with van der Waals surface area (Å²) in [6.07, 6.45) is 4.14. The summed E-state index contributed by atoms with van der Waals surface area (Å²) < 4.78 is 12.8. The normalized spacial score (nSPS) is 16.5. The summed E-state index contributed by atoms with van der Waals surface area (Å²) in [7, 11) is 0. The van der Waals surface area contributed by atoms with Crippen molar-refractivity contribution in [3.05, 3.63) is 35.6 Å². The third-order valence-corrected chi connectivity index (χ3v) is 3.89. The fourth-order valence-corrected chi connectivity index (χ4v) is 2.81. The van der Waals surface area contributed by atoms with Gasteiger partial charge in [0.1, 0.15) is 11.9 Å². The van der Waals surface area contributed by atoms with Crippen LogP contribution in [0, 0.1) is 11.7 Å². The third kappa shape index (κ3) is 4.55. The van der Waals surface area contributed by atoms with Gasteiger partial charge in [0.2, 0.25) is 11.8 Å². The molecule has 1 fully saturated rings. The average Bonchev–Trinajstić information content (AvgIpc) is 2.97. The zero-order valence-corrected chi connectivity index (χ0v) is 12.2. The Hall–Kier alpha value is -1.91. The maximum absolute atomic E-state index is 12.8. The lowest BCUT2D eigenvalue weighted by molar-refractivity contribution is -0.129. The fraction of sp³-hybridized carbons (Fsp3) is 0.500. The highest BCUT2D eigenvalue weighted by molar-refractivity contribution is 5.87. The Morgan fingerprint density at radius 1 is 1.24 bits per heavy atom. The number of benzene rings is 1. The maximum atomic E-state index is 12.8. The van der Waals surface area contributed by atoms with Gasteiger partial charge in [-0.2, -0.15) is 0 Å². The number of amides is 2. The van der Waals surface area contributed by atoms with E-state index in [1.807, 2.05) is 0 Å². The highest BCUT2D eigenvalue weighted by Gasteiger charge is 2.31. The highest BCUT2D eigenvalue weighted by atomic mass is 19.1. The summed E-state index contributed by atoms with van der Waals surface area (Å²) in [6, 6.07) is 5.54. The summed E-state index contributed by atoms with van der Waals surface area (Å²) in [5.74, 6) is -0.445. The van der Waals surface area contributed by atoms with Crippen LogP contribution in [0.4, 0.5) is 4.39 Å². The molecule has 0 bridgehead atoms. The van der Waals surface area contributed by atoms with Gasteiger partial charge in [-0.1, -0.05) is 25.0 Å². The first-order chi connectivity index (χ1) is 10.1. The van der Waals surface area contributed by atoms with E-state index in [0.717, 1.165) is 31.2 Å². The predicted octanol–water partition coefficient (Wildman–Crippen LogP) is 2.14. The van der Waals surface area contributed by atoms with E-state index in [9.17, 15) is 14.0 Å². The summed E-state index contributed by atoms with van der Waals surface area (Å²) in [4.78, 5) is 23.6. The van der Waals surface area contributed by atoms with Crippen molar-refractivity contribution in [1.82, 2.24) is 10.6 Å². The molecule has 2 rings (SSSR count). The lowest BCUT2D eigenvalue weighted by Crippen LogP contribution is -2.49. The van der Waals surface area contributed by atoms with Crippen molar-refractivity contribution in [3.8, 4) is 0 Å². The molecule has 114 valence electrons. The molecule has 21 heavy (non-hydrogen) atoms. The SMILES string of the molecule is CC(=O)N[C@H](C(=O)NCc1ccc(F)cc1)C1CCCC1. The van der Waals surface area contributed by atoms with Crippen molar-refractivity contribution < 1.29 is 14.0 Å². The standard InChI is InChI=1S/C16H21FN2O2/c1-11(20)19-15(13-4-2-3-5-13)16(21)18-10-12-6-8-14(17)9-7-12/h6-9,13,15H,2-5,10H2,1H3,(H,18,21)(H,19,20)/t15-/m0/s1. The molecule has 0 unspecified atom stereocenters. The lowest BCUT2D eigenvalue weighted by Gasteiger charge is -2.23. The molecule has 1 atom stereocenters. The van der Waals surface area contributed by atoms with E-state index in [-0.39, 0.29) is 23.5 Å².